The van der Waals surface area contributed by atoms with Crippen LogP contribution in [-0.4, -0.2) is 42.4 Å². The maximum Gasteiger partial charge on any atom is 0.253 e. The lowest BCUT2D eigenvalue weighted by Crippen LogP contribution is -2.66. The molecule has 2 aliphatic heterocycles. The van der Waals surface area contributed by atoms with E-state index in [1.165, 1.54) is 82.2 Å². The summed E-state index contributed by atoms with van der Waals surface area (Å²) in [6.45, 7) is 24.3. The molecule has 5 aromatic rings. The summed E-state index contributed by atoms with van der Waals surface area (Å²) in [4.78, 5) is 0. The molecule has 0 amide bonds. The average Bonchev–Trinajstić information content (AvgIpc) is 3.41. The smallest absolute Gasteiger partial charge is 0.234 e. The molecular weight excluding hydrogens is 483 g/mol. The Balaban J connectivity index is 1.83. The third kappa shape index (κ3) is 2.79. The first kappa shape index (κ1) is 23.2. The molecule has 2 aromatic heterocycles. The standard InChI is InChI=1S/C30H35BN4Si2/c1-16-11-20-14-32-34-27(20)24(18(16)3)31-25-19(4)17(2)12-21-15-33-35(28(21)25)30-23(37(8,9)10)13-22(36(5,6)7)29(34)26(30)31/h11-15H,1-10H3. The van der Waals surface area contributed by atoms with Crippen molar-refractivity contribution in [3.63, 3.8) is 0 Å². The van der Waals surface area contributed by atoms with Crippen LogP contribution in [-0.2, 0) is 0 Å². The molecule has 0 saturated heterocycles. The van der Waals surface area contributed by atoms with Crippen molar-refractivity contribution in [1.29, 1.82) is 0 Å². The number of benzene rings is 3. The number of hydrogen-bond donors (Lipinski definition) is 0. The van der Waals surface area contributed by atoms with E-state index >= 15 is 0 Å². The SMILES string of the molecule is Cc1cc2cnn3c2c(c1C)B1c2c-3c([Si](C)(C)C)cc([Si](C)(C)C)c2-n2ncc3cc(C)c(C)c1c32. The van der Waals surface area contributed by atoms with Gasteiger partial charge in [0, 0.05) is 10.8 Å². The van der Waals surface area contributed by atoms with Gasteiger partial charge in [-0.3, -0.25) is 0 Å². The summed E-state index contributed by atoms with van der Waals surface area (Å²) in [7, 11) is -3.46. The molecule has 0 aliphatic carbocycles. The highest BCUT2D eigenvalue weighted by Gasteiger charge is 2.46. The Morgan fingerprint density at radius 1 is 0.595 bits per heavy atom. The lowest BCUT2D eigenvalue weighted by molar-refractivity contribution is 0.896. The minimum atomic E-state index is -1.73. The second-order valence-corrected chi connectivity index (χ2v) is 23.5. The Morgan fingerprint density at radius 2 is 1.00 bits per heavy atom. The molecule has 0 spiro atoms. The molecule has 4 nitrogen and oxygen atoms in total. The monoisotopic (exact) mass is 518 g/mol. The molecule has 0 atom stereocenters. The van der Waals surface area contributed by atoms with Crippen molar-refractivity contribution in [1.82, 2.24) is 19.6 Å². The lowest BCUT2D eigenvalue weighted by Gasteiger charge is -2.39. The molecule has 0 saturated carbocycles. The van der Waals surface area contributed by atoms with E-state index in [1.807, 2.05) is 0 Å². The van der Waals surface area contributed by atoms with Crippen molar-refractivity contribution in [2.75, 3.05) is 0 Å². The Hall–Kier alpha value is -2.90. The quantitative estimate of drug-likeness (QED) is 0.326. The second kappa shape index (κ2) is 6.94. The summed E-state index contributed by atoms with van der Waals surface area (Å²) in [6.07, 6.45) is 4.18. The first-order valence-corrected chi connectivity index (χ1v) is 20.5. The molecule has 2 aliphatic rings. The fourth-order valence-electron chi connectivity index (χ4n) is 6.97. The number of aryl methyl sites for hydroxylation is 2. The predicted octanol–water partition coefficient (Wildman–Crippen LogP) is 3.83. The summed E-state index contributed by atoms with van der Waals surface area (Å²) in [5.41, 5.74) is 15.1. The van der Waals surface area contributed by atoms with Gasteiger partial charge in [-0.25, -0.2) is 9.36 Å². The molecular formula is C30H35BN4Si2. The van der Waals surface area contributed by atoms with E-state index in [9.17, 15) is 0 Å². The van der Waals surface area contributed by atoms with Crippen LogP contribution in [0.4, 0.5) is 0 Å². The van der Waals surface area contributed by atoms with E-state index in [2.05, 4.69) is 107 Å². The molecule has 3 aromatic carbocycles. The third-order valence-electron chi connectivity index (χ3n) is 9.06. The van der Waals surface area contributed by atoms with Crippen LogP contribution in [0.2, 0.25) is 39.3 Å². The normalized spacial score (nSPS) is 14.2. The zero-order chi connectivity index (χ0) is 26.3. The van der Waals surface area contributed by atoms with Gasteiger partial charge in [-0.05, 0) is 77.7 Å². The summed E-state index contributed by atoms with van der Waals surface area (Å²) >= 11 is 0. The first-order valence-electron chi connectivity index (χ1n) is 13.5. The van der Waals surface area contributed by atoms with Crippen molar-refractivity contribution in [2.24, 2.45) is 0 Å². The van der Waals surface area contributed by atoms with E-state index in [0.29, 0.717) is 0 Å². The maximum absolute atomic E-state index is 5.10. The maximum atomic E-state index is 5.10. The Labute approximate surface area is 221 Å². The number of rotatable bonds is 2. The van der Waals surface area contributed by atoms with Crippen LogP contribution in [0.15, 0.2) is 30.6 Å². The molecule has 4 heterocycles. The molecule has 0 fully saturated rings. The second-order valence-electron chi connectivity index (χ2n) is 13.5. The number of fused-ring (bicyclic) bond motifs is 4. The molecule has 0 N–H and O–H groups in total. The summed E-state index contributed by atoms with van der Waals surface area (Å²) < 4.78 is 4.62. The van der Waals surface area contributed by atoms with E-state index < -0.39 is 16.1 Å². The van der Waals surface area contributed by atoms with Crippen LogP contribution < -0.4 is 26.8 Å². The van der Waals surface area contributed by atoms with Gasteiger partial charge in [-0.1, -0.05) is 56.5 Å². The number of nitrogens with zero attached hydrogens (tertiary/aromatic N) is 4. The molecule has 0 unspecified atom stereocenters. The van der Waals surface area contributed by atoms with Gasteiger partial charge in [0.25, 0.3) is 6.71 Å². The zero-order valence-corrected chi connectivity index (χ0v) is 25.8. The molecule has 186 valence electrons. The van der Waals surface area contributed by atoms with Gasteiger partial charge in [0.15, 0.2) is 0 Å². The van der Waals surface area contributed by atoms with Gasteiger partial charge in [0.2, 0.25) is 0 Å². The molecule has 0 bridgehead atoms. The average molecular weight is 519 g/mol. The van der Waals surface area contributed by atoms with E-state index in [-0.39, 0.29) is 6.71 Å². The van der Waals surface area contributed by atoms with Crippen LogP contribution in [0.25, 0.3) is 33.2 Å². The minimum absolute atomic E-state index is 0.189. The predicted molar refractivity (Wildman–Crippen MR) is 165 cm³/mol. The van der Waals surface area contributed by atoms with E-state index in [1.54, 1.807) is 0 Å². The van der Waals surface area contributed by atoms with Crippen molar-refractivity contribution < 1.29 is 0 Å². The Kier molecular flexibility index (Phi) is 4.36. The van der Waals surface area contributed by atoms with Gasteiger partial charge in [0.05, 0.1) is 50.9 Å². The van der Waals surface area contributed by atoms with Gasteiger partial charge in [0.1, 0.15) is 0 Å². The van der Waals surface area contributed by atoms with Crippen molar-refractivity contribution in [3.8, 4) is 11.4 Å². The number of aromatic nitrogens is 4. The highest BCUT2D eigenvalue weighted by Crippen LogP contribution is 2.32. The Bertz CT molecular complexity index is 1720. The van der Waals surface area contributed by atoms with Crippen LogP contribution in [0.3, 0.4) is 0 Å². The van der Waals surface area contributed by atoms with E-state index in [4.69, 9.17) is 10.2 Å². The van der Waals surface area contributed by atoms with Crippen molar-refractivity contribution in [3.05, 3.63) is 52.8 Å². The summed E-state index contributed by atoms with van der Waals surface area (Å²) in [5, 5.41) is 15.8. The lowest BCUT2D eigenvalue weighted by atomic mass is 9.32. The molecule has 7 heteroatoms. The van der Waals surface area contributed by atoms with Gasteiger partial charge in [-0.2, -0.15) is 10.2 Å². The van der Waals surface area contributed by atoms with Gasteiger partial charge >= 0.3 is 0 Å². The topological polar surface area (TPSA) is 35.6 Å². The Morgan fingerprint density at radius 3 is 1.38 bits per heavy atom. The fraction of sp³-hybridized carbons (Fsp3) is 0.333. The molecule has 37 heavy (non-hydrogen) atoms. The van der Waals surface area contributed by atoms with Crippen molar-refractivity contribution >= 4 is 71.4 Å². The third-order valence-corrected chi connectivity index (χ3v) is 13.0. The fourth-order valence-corrected chi connectivity index (χ4v) is 10.2. The largest absolute Gasteiger partial charge is 0.253 e. The van der Waals surface area contributed by atoms with Gasteiger partial charge < -0.3 is 0 Å². The highest BCUT2D eigenvalue weighted by molar-refractivity contribution is 7.03. The minimum Gasteiger partial charge on any atom is -0.234 e. The zero-order valence-electron chi connectivity index (χ0n) is 23.8. The van der Waals surface area contributed by atoms with Gasteiger partial charge in [-0.15, -0.1) is 0 Å². The van der Waals surface area contributed by atoms with Crippen LogP contribution in [0.5, 0.6) is 0 Å². The highest BCUT2D eigenvalue weighted by atomic mass is 28.3. The van der Waals surface area contributed by atoms with Crippen LogP contribution in [0, 0.1) is 27.7 Å². The number of hydrogen-bond acceptors (Lipinski definition) is 2. The van der Waals surface area contributed by atoms with E-state index in [0.717, 1.165) is 0 Å². The van der Waals surface area contributed by atoms with Crippen LogP contribution in [0.1, 0.15) is 22.3 Å². The van der Waals surface area contributed by atoms with Crippen LogP contribution >= 0.6 is 0 Å². The summed E-state index contributed by atoms with van der Waals surface area (Å²) in [6, 6.07) is 7.25. The van der Waals surface area contributed by atoms with Crippen molar-refractivity contribution in [2.45, 2.75) is 67.0 Å². The molecule has 7 rings (SSSR count). The molecule has 0 radical (unpaired) electrons. The summed E-state index contributed by atoms with van der Waals surface area (Å²) in [5.74, 6) is 0. The first-order chi connectivity index (χ1) is 17.3.